The van der Waals surface area contributed by atoms with Gasteiger partial charge in [-0.3, -0.25) is 5.32 Å². The standard InChI is InChI=1S/C13H23N3/c1-13(10-14,15-11-6-7-11)8-9-16(2)12-4-3-5-12/h11-12,15H,3-9H2,1-2H3. The minimum atomic E-state index is -0.320. The molecule has 0 heterocycles. The Morgan fingerprint density at radius 2 is 2.06 bits per heavy atom. The van der Waals surface area contributed by atoms with Crippen LogP contribution in [0, 0.1) is 11.3 Å². The number of nitrogens with zero attached hydrogens (tertiary/aromatic N) is 2. The van der Waals surface area contributed by atoms with Gasteiger partial charge in [0.2, 0.25) is 0 Å². The third-order valence-electron chi connectivity index (χ3n) is 4.01. The van der Waals surface area contributed by atoms with Crippen molar-refractivity contribution >= 4 is 0 Å². The molecular formula is C13H23N3. The molecule has 16 heavy (non-hydrogen) atoms. The average molecular weight is 221 g/mol. The minimum absolute atomic E-state index is 0.320. The largest absolute Gasteiger partial charge is 0.303 e. The van der Waals surface area contributed by atoms with E-state index < -0.39 is 0 Å². The predicted octanol–water partition coefficient (Wildman–Crippen LogP) is 1.90. The van der Waals surface area contributed by atoms with Crippen LogP contribution < -0.4 is 5.32 Å². The van der Waals surface area contributed by atoms with Crippen molar-refractivity contribution in [2.24, 2.45) is 0 Å². The number of hydrogen-bond donors (Lipinski definition) is 1. The minimum Gasteiger partial charge on any atom is -0.303 e. The van der Waals surface area contributed by atoms with Gasteiger partial charge in [0, 0.05) is 18.6 Å². The molecule has 0 amide bonds. The molecule has 2 aliphatic carbocycles. The molecule has 0 spiro atoms. The first-order chi connectivity index (χ1) is 7.63. The lowest BCUT2D eigenvalue weighted by Crippen LogP contribution is -2.46. The Labute approximate surface area is 98.8 Å². The maximum Gasteiger partial charge on any atom is 0.105 e. The normalized spacial score (nSPS) is 24.9. The Balaban J connectivity index is 1.74. The predicted molar refractivity (Wildman–Crippen MR) is 65.1 cm³/mol. The van der Waals surface area contributed by atoms with Crippen molar-refractivity contribution in [1.82, 2.24) is 10.2 Å². The van der Waals surface area contributed by atoms with Crippen molar-refractivity contribution < 1.29 is 0 Å². The van der Waals surface area contributed by atoms with E-state index in [0.29, 0.717) is 6.04 Å². The van der Waals surface area contributed by atoms with Crippen molar-refractivity contribution in [2.45, 2.75) is 63.1 Å². The lowest BCUT2D eigenvalue weighted by atomic mass is 9.91. The van der Waals surface area contributed by atoms with Crippen molar-refractivity contribution in [1.29, 1.82) is 5.26 Å². The Morgan fingerprint density at radius 3 is 2.50 bits per heavy atom. The second-order valence-corrected chi connectivity index (χ2v) is 5.68. The Kier molecular flexibility index (Phi) is 3.51. The maximum atomic E-state index is 9.25. The van der Waals surface area contributed by atoms with Crippen LogP contribution in [0.3, 0.4) is 0 Å². The molecule has 0 aromatic heterocycles. The van der Waals surface area contributed by atoms with Gasteiger partial charge >= 0.3 is 0 Å². The zero-order valence-corrected chi connectivity index (χ0v) is 10.5. The Hall–Kier alpha value is -0.590. The molecule has 0 aromatic rings. The van der Waals surface area contributed by atoms with Crippen molar-refractivity contribution in [2.75, 3.05) is 13.6 Å². The summed E-state index contributed by atoms with van der Waals surface area (Å²) in [7, 11) is 2.19. The fraction of sp³-hybridized carbons (Fsp3) is 0.923. The highest BCUT2D eigenvalue weighted by molar-refractivity contribution is 5.07. The second kappa shape index (κ2) is 4.73. The molecule has 90 valence electrons. The monoisotopic (exact) mass is 221 g/mol. The van der Waals surface area contributed by atoms with Gasteiger partial charge in [0.1, 0.15) is 5.54 Å². The summed E-state index contributed by atoms with van der Waals surface area (Å²) in [6.07, 6.45) is 7.50. The molecule has 3 heteroatoms. The highest BCUT2D eigenvalue weighted by Gasteiger charge is 2.33. The molecule has 1 unspecified atom stereocenters. The van der Waals surface area contributed by atoms with Gasteiger partial charge in [0.05, 0.1) is 6.07 Å². The van der Waals surface area contributed by atoms with E-state index in [4.69, 9.17) is 0 Å². The third-order valence-corrected chi connectivity index (χ3v) is 4.01. The van der Waals surface area contributed by atoms with Crippen molar-refractivity contribution in [3.8, 4) is 6.07 Å². The van der Waals surface area contributed by atoms with Gasteiger partial charge in [-0.15, -0.1) is 0 Å². The summed E-state index contributed by atoms with van der Waals surface area (Å²) in [6, 6.07) is 3.83. The number of nitrogens with one attached hydrogen (secondary N) is 1. The van der Waals surface area contributed by atoms with Crippen LogP contribution in [-0.4, -0.2) is 36.1 Å². The molecule has 3 nitrogen and oxygen atoms in total. The van der Waals surface area contributed by atoms with Gasteiger partial charge in [-0.1, -0.05) is 6.42 Å². The summed E-state index contributed by atoms with van der Waals surface area (Å²) in [4.78, 5) is 2.42. The summed E-state index contributed by atoms with van der Waals surface area (Å²) < 4.78 is 0. The van der Waals surface area contributed by atoms with E-state index in [1.807, 2.05) is 6.92 Å². The molecule has 0 radical (unpaired) electrons. The number of nitriles is 1. The molecule has 0 saturated heterocycles. The Morgan fingerprint density at radius 1 is 1.38 bits per heavy atom. The van der Waals surface area contributed by atoms with Gasteiger partial charge in [-0.25, -0.2) is 0 Å². The zero-order chi connectivity index (χ0) is 11.6. The summed E-state index contributed by atoms with van der Waals surface area (Å²) in [6.45, 7) is 3.08. The van der Waals surface area contributed by atoms with Crippen LogP contribution in [0.5, 0.6) is 0 Å². The zero-order valence-electron chi connectivity index (χ0n) is 10.5. The van der Waals surface area contributed by atoms with Gasteiger partial charge < -0.3 is 4.90 Å². The van der Waals surface area contributed by atoms with Crippen LogP contribution in [0.25, 0.3) is 0 Å². The molecule has 2 saturated carbocycles. The highest BCUT2D eigenvalue weighted by atomic mass is 15.1. The lowest BCUT2D eigenvalue weighted by molar-refractivity contribution is 0.149. The summed E-state index contributed by atoms with van der Waals surface area (Å²) in [5, 5.41) is 12.7. The smallest absolute Gasteiger partial charge is 0.105 e. The van der Waals surface area contributed by atoms with E-state index in [2.05, 4.69) is 23.3 Å². The van der Waals surface area contributed by atoms with E-state index in [-0.39, 0.29) is 5.54 Å². The van der Waals surface area contributed by atoms with Gasteiger partial charge in [0.25, 0.3) is 0 Å². The molecule has 1 N–H and O–H groups in total. The first-order valence-electron chi connectivity index (χ1n) is 6.52. The highest BCUT2D eigenvalue weighted by Crippen LogP contribution is 2.26. The summed E-state index contributed by atoms with van der Waals surface area (Å²) in [5.74, 6) is 0. The van der Waals surface area contributed by atoms with Crippen LogP contribution in [0.15, 0.2) is 0 Å². The van der Waals surface area contributed by atoms with Crippen LogP contribution in [0.4, 0.5) is 0 Å². The Bertz CT molecular complexity index is 275. The number of hydrogen-bond acceptors (Lipinski definition) is 3. The van der Waals surface area contributed by atoms with E-state index in [1.54, 1.807) is 0 Å². The maximum absolute atomic E-state index is 9.25. The molecule has 0 aromatic carbocycles. The fourth-order valence-corrected chi connectivity index (χ4v) is 2.25. The SMILES string of the molecule is CN(CCC(C)(C#N)NC1CC1)C1CCC1. The van der Waals surface area contributed by atoms with Crippen LogP contribution in [0.1, 0.15) is 45.4 Å². The quantitative estimate of drug-likeness (QED) is 0.744. The van der Waals surface area contributed by atoms with Crippen molar-refractivity contribution in [3.63, 3.8) is 0 Å². The summed E-state index contributed by atoms with van der Waals surface area (Å²) >= 11 is 0. The number of rotatable bonds is 6. The van der Waals surface area contributed by atoms with Crippen molar-refractivity contribution in [3.05, 3.63) is 0 Å². The van der Waals surface area contributed by atoms with E-state index in [9.17, 15) is 5.26 Å². The third kappa shape index (κ3) is 2.96. The van der Waals surface area contributed by atoms with E-state index in [1.165, 1.54) is 32.1 Å². The van der Waals surface area contributed by atoms with Crippen LogP contribution in [0.2, 0.25) is 0 Å². The molecule has 1 atom stereocenters. The van der Waals surface area contributed by atoms with Gasteiger partial charge in [-0.2, -0.15) is 5.26 Å². The van der Waals surface area contributed by atoms with E-state index >= 15 is 0 Å². The molecular weight excluding hydrogens is 198 g/mol. The van der Waals surface area contributed by atoms with Crippen LogP contribution in [-0.2, 0) is 0 Å². The van der Waals surface area contributed by atoms with Crippen LogP contribution >= 0.6 is 0 Å². The fourth-order valence-electron chi connectivity index (χ4n) is 2.25. The molecule has 0 bridgehead atoms. The topological polar surface area (TPSA) is 39.1 Å². The lowest BCUT2D eigenvalue weighted by Gasteiger charge is -2.36. The summed E-state index contributed by atoms with van der Waals surface area (Å²) in [5.41, 5.74) is -0.320. The van der Waals surface area contributed by atoms with E-state index in [0.717, 1.165) is 19.0 Å². The second-order valence-electron chi connectivity index (χ2n) is 5.68. The molecule has 2 aliphatic rings. The van der Waals surface area contributed by atoms with Gasteiger partial charge in [-0.05, 0) is 46.1 Å². The molecule has 0 aliphatic heterocycles. The molecule has 2 rings (SSSR count). The molecule has 2 fully saturated rings. The first-order valence-corrected chi connectivity index (χ1v) is 6.52. The van der Waals surface area contributed by atoms with Gasteiger partial charge in [0.15, 0.2) is 0 Å². The first kappa shape index (κ1) is 11.9. The average Bonchev–Trinajstić information content (AvgIpc) is 2.96.